The van der Waals surface area contributed by atoms with E-state index in [2.05, 4.69) is 20.4 Å². The van der Waals surface area contributed by atoms with Crippen LogP contribution >= 0.6 is 0 Å². The summed E-state index contributed by atoms with van der Waals surface area (Å²) >= 11 is 0. The molecule has 10 heteroatoms. The molecule has 0 radical (unpaired) electrons. The van der Waals surface area contributed by atoms with Crippen molar-refractivity contribution in [3.8, 4) is 5.88 Å². The van der Waals surface area contributed by atoms with Crippen LogP contribution in [0.25, 0.3) is 16.7 Å². The Morgan fingerprint density at radius 1 is 1.21 bits per heavy atom. The highest BCUT2D eigenvalue weighted by Crippen LogP contribution is 2.30. The third kappa shape index (κ3) is 5.32. The van der Waals surface area contributed by atoms with Crippen molar-refractivity contribution >= 4 is 22.8 Å². The smallest absolute Gasteiger partial charge is 0.410 e. The minimum atomic E-state index is -0.296. The number of piperidine rings is 1. The number of hydrogen-bond acceptors (Lipinski definition) is 7. The maximum Gasteiger partial charge on any atom is 0.410 e. The first kappa shape index (κ1) is 23.2. The van der Waals surface area contributed by atoms with Crippen LogP contribution in [0.15, 0.2) is 30.5 Å². The lowest BCUT2D eigenvalue weighted by molar-refractivity contribution is 0.0511. The molecule has 2 aromatic heterocycles. The number of fused-ring (bicyclic) bond motifs is 1. The van der Waals surface area contributed by atoms with E-state index in [1.165, 1.54) is 11.0 Å². The molecule has 3 heterocycles. The molecular weight excluding hydrogens is 427 g/mol. The molecule has 178 valence electrons. The van der Waals surface area contributed by atoms with E-state index in [1.807, 2.05) is 33.8 Å². The number of hydrogen-bond donors (Lipinski definition) is 1. The van der Waals surface area contributed by atoms with Gasteiger partial charge >= 0.3 is 6.09 Å². The SMILES string of the molecule is CC(C)NC1C=CC(n2ncc3c(OC4CCN(C(=O)OC(C)C)CC4)ncnc32)=C(F)C1. The van der Waals surface area contributed by atoms with Gasteiger partial charge in [0.05, 0.1) is 18.0 Å². The van der Waals surface area contributed by atoms with Gasteiger partial charge in [0.25, 0.3) is 0 Å². The molecule has 0 aromatic carbocycles. The van der Waals surface area contributed by atoms with E-state index < -0.39 is 0 Å². The molecule has 2 aliphatic rings. The molecule has 1 N–H and O–H groups in total. The Morgan fingerprint density at radius 2 is 1.97 bits per heavy atom. The lowest BCUT2D eigenvalue weighted by Gasteiger charge is -2.31. The average molecular weight is 459 g/mol. The summed E-state index contributed by atoms with van der Waals surface area (Å²) in [5.41, 5.74) is 0.858. The fourth-order valence-electron chi connectivity index (χ4n) is 4.07. The van der Waals surface area contributed by atoms with E-state index in [1.54, 1.807) is 17.2 Å². The molecule has 0 bridgehead atoms. The minimum Gasteiger partial charge on any atom is -0.474 e. The first-order chi connectivity index (χ1) is 15.8. The zero-order chi connectivity index (χ0) is 23.5. The summed E-state index contributed by atoms with van der Waals surface area (Å²) in [6.07, 6.45) is 7.75. The molecule has 1 saturated heterocycles. The summed E-state index contributed by atoms with van der Waals surface area (Å²) < 4.78 is 27.8. The monoisotopic (exact) mass is 458 g/mol. The van der Waals surface area contributed by atoms with Crippen molar-refractivity contribution in [3.63, 3.8) is 0 Å². The second-order valence-electron chi connectivity index (χ2n) is 8.99. The lowest BCUT2D eigenvalue weighted by atomic mass is 10.0. The average Bonchev–Trinajstić information content (AvgIpc) is 3.18. The number of amides is 1. The number of ether oxygens (including phenoxy) is 2. The maximum absolute atomic E-state index is 14.9. The van der Waals surface area contributed by atoms with E-state index >= 15 is 0 Å². The molecule has 1 aliphatic heterocycles. The molecule has 1 amide bonds. The zero-order valence-electron chi connectivity index (χ0n) is 19.5. The summed E-state index contributed by atoms with van der Waals surface area (Å²) in [5, 5.41) is 8.31. The third-order valence-corrected chi connectivity index (χ3v) is 5.58. The van der Waals surface area contributed by atoms with E-state index in [4.69, 9.17) is 9.47 Å². The molecule has 1 fully saturated rings. The lowest BCUT2D eigenvalue weighted by Crippen LogP contribution is -2.42. The van der Waals surface area contributed by atoms with Gasteiger partial charge in [0, 0.05) is 44.4 Å². The van der Waals surface area contributed by atoms with Crippen molar-refractivity contribution in [2.45, 2.75) is 71.2 Å². The van der Waals surface area contributed by atoms with Crippen LogP contribution in [0.2, 0.25) is 0 Å². The van der Waals surface area contributed by atoms with Crippen molar-refractivity contribution < 1.29 is 18.7 Å². The normalized spacial score (nSPS) is 19.7. The standard InChI is InChI=1S/C23H31FN6O3/c1-14(2)28-16-5-6-20(19(24)11-16)30-21-18(12-27-30)22(26-13-25-21)33-17-7-9-29(10-8-17)23(31)32-15(3)4/h5-6,12-17,28H,7-11H2,1-4H3. The number of nitrogens with one attached hydrogen (secondary N) is 1. The van der Waals surface area contributed by atoms with Crippen LogP contribution in [0, 0.1) is 0 Å². The second kappa shape index (κ2) is 9.86. The Hall–Kier alpha value is -3.01. The van der Waals surface area contributed by atoms with Crippen LogP contribution in [-0.4, -0.2) is 68.1 Å². The summed E-state index contributed by atoms with van der Waals surface area (Å²) in [7, 11) is 0. The molecule has 2 aromatic rings. The van der Waals surface area contributed by atoms with Crippen molar-refractivity contribution in [2.24, 2.45) is 0 Å². The van der Waals surface area contributed by atoms with Crippen molar-refractivity contribution in [1.29, 1.82) is 0 Å². The van der Waals surface area contributed by atoms with E-state index in [-0.39, 0.29) is 42.6 Å². The Labute approximate surface area is 192 Å². The van der Waals surface area contributed by atoms with Crippen molar-refractivity contribution in [2.75, 3.05) is 13.1 Å². The number of nitrogens with zero attached hydrogens (tertiary/aromatic N) is 5. The van der Waals surface area contributed by atoms with Crippen LogP contribution in [0.5, 0.6) is 5.88 Å². The predicted octanol–water partition coefficient (Wildman–Crippen LogP) is 3.68. The quantitative estimate of drug-likeness (QED) is 0.706. The van der Waals surface area contributed by atoms with Crippen LogP contribution < -0.4 is 10.1 Å². The highest BCUT2D eigenvalue weighted by atomic mass is 19.1. The molecule has 9 nitrogen and oxygen atoms in total. The predicted molar refractivity (Wildman–Crippen MR) is 122 cm³/mol. The first-order valence-corrected chi connectivity index (χ1v) is 11.5. The van der Waals surface area contributed by atoms with Gasteiger partial charge in [0.2, 0.25) is 5.88 Å². The Bertz CT molecular complexity index is 1060. The van der Waals surface area contributed by atoms with Crippen LogP contribution in [-0.2, 0) is 4.74 Å². The van der Waals surface area contributed by atoms with Crippen LogP contribution in [0.1, 0.15) is 47.0 Å². The number of aromatic nitrogens is 4. The molecule has 0 spiro atoms. The van der Waals surface area contributed by atoms with Gasteiger partial charge in [-0.05, 0) is 19.9 Å². The van der Waals surface area contributed by atoms with E-state index in [0.717, 1.165) is 0 Å². The second-order valence-corrected chi connectivity index (χ2v) is 8.99. The van der Waals surface area contributed by atoms with Crippen molar-refractivity contribution in [3.05, 3.63) is 30.5 Å². The molecule has 1 unspecified atom stereocenters. The summed E-state index contributed by atoms with van der Waals surface area (Å²) in [6, 6.07) is 0.215. The number of likely N-dealkylation sites (tertiary alicyclic amines) is 1. The molecule has 33 heavy (non-hydrogen) atoms. The van der Waals surface area contributed by atoms with Gasteiger partial charge in [-0.3, -0.25) is 0 Å². The van der Waals surface area contributed by atoms with Crippen LogP contribution in [0.3, 0.4) is 0 Å². The maximum atomic E-state index is 14.9. The third-order valence-electron chi connectivity index (χ3n) is 5.58. The van der Waals surface area contributed by atoms with Gasteiger partial charge in [-0.25, -0.2) is 23.8 Å². The molecule has 0 saturated carbocycles. The number of allylic oxidation sites excluding steroid dienone is 2. The molecule has 1 aliphatic carbocycles. The fraction of sp³-hybridized carbons (Fsp3) is 0.565. The van der Waals surface area contributed by atoms with Crippen LogP contribution in [0.4, 0.5) is 9.18 Å². The Kier molecular flexibility index (Phi) is 6.92. The fourth-order valence-corrected chi connectivity index (χ4v) is 4.07. The number of halogens is 1. The van der Waals surface area contributed by atoms with Crippen molar-refractivity contribution in [1.82, 2.24) is 30.0 Å². The summed E-state index contributed by atoms with van der Waals surface area (Å²) in [5.74, 6) is 0.164. The highest BCUT2D eigenvalue weighted by Gasteiger charge is 2.27. The van der Waals surface area contributed by atoms with Gasteiger partial charge < -0.3 is 19.7 Å². The van der Waals surface area contributed by atoms with E-state index in [9.17, 15) is 9.18 Å². The molecule has 4 rings (SSSR count). The number of rotatable bonds is 6. The number of carbonyl (C=O) groups excluding carboxylic acids is 1. The van der Waals surface area contributed by atoms with Gasteiger partial charge in [0.1, 0.15) is 23.6 Å². The zero-order valence-corrected chi connectivity index (χ0v) is 19.5. The first-order valence-electron chi connectivity index (χ1n) is 11.5. The highest BCUT2D eigenvalue weighted by molar-refractivity contribution is 5.84. The van der Waals surface area contributed by atoms with Gasteiger partial charge in [-0.2, -0.15) is 5.10 Å². The van der Waals surface area contributed by atoms with Gasteiger partial charge in [0.15, 0.2) is 5.65 Å². The summed E-state index contributed by atoms with van der Waals surface area (Å²) in [6.45, 7) is 8.84. The topological polar surface area (TPSA) is 94.4 Å². The molecule has 1 atom stereocenters. The van der Waals surface area contributed by atoms with Gasteiger partial charge in [-0.15, -0.1) is 0 Å². The molecular formula is C23H31FN6O3. The minimum absolute atomic E-state index is 0.0483. The van der Waals surface area contributed by atoms with E-state index in [0.29, 0.717) is 48.5 Å². The number of carbonyl (C=O) groups is 1. The Balaban J connectivity index is 1.46. The Morgan fingerprint density at radius 3 is 2.64 bits per heavy atom. The van der Waals surface area contributed by atoms with Gasteiger partial charge in [-0.1, -0.05) is 19.9 Å². The summed E-state index contributed by atoms with van der Waals surface area (Å²) in [4.78, 5) is 22.4. The largest absolute Gasteiger partial charge is 0.474 e.